The molecule has 0 spiro atoms. The Balaban J connectivity index is 2.47. The third-order valence-electron chi connectivity index (χ3n) is 5.06. The van der Waals surface area contributed by atoms with E-state index in [4.69, 9.17) is 5.11 Å². The van der Waals surface area contributed by atoms with Crippen molar-refractivity contribution in [3.05, 3.63) is 12.2 Å². The van der Waals surface area contributed by atoms with Crippen LogP contribution in [0.2, 0.25) is 0 Å². The van der Waals surface area contributed by atoms with Crippen molar-refractivity contribution in [2.24, 2.45) is 11.8 Å². The number of rotatable bonds is 13. The van der Waals surface area contributed by atoms with Crippen LogP contribution >= 0.6 is 0 Å². The van der Waals surface area contributed by atoms with Gasteiger partial charge in [0.05, 0.1) is 6.10 Å². The molecule has 0 unspecified atom stereocenters. The third-order valence-corrected chi connectivity index (χ3v) is 5.06. The summed E-state index contributed by atoms with van der Waals surface area (Å²) in [5.41, 5.74) is 0. The number of Topliss-reactive ketones (excluding diaryl/α,β-unsaturated/α-hetero) is 2. The van der Waals surface area contributed by atoms with Crippen LogP contribution in [-0.2, 0) is 14.4 Å². The molecule has 0 amide bonds. The molecule has 5 nitrogen and oxygen atoms in total. The minimum Gasteiger partial charge on any atom is -0.481 e. The summed E-state index contributed by atoms with van der Waals surface area (Å²) in [6, 6.07) is 0. The minimum atomic E-state index is -3.30. The quantitative estimate of drug-likeness (QED) is 0.368. The van der Waals surface area contributed by atoms with Gasteiger partial charge in [-0.3, -0.25) is 14.4 Å². The van der Waals surface area contributed by atoms with E-state index in [9.17, 15) is 28.3 Å². The number of hydrogen-bond donors (Lipinski definition) is 2. The molecule has 7 heteroatoms. The normalized spacial score (nSPS) is 23.3. The van der Waals surface area contributed by atoms with Crippen LogP contribution in [0.15, 0.2) is 12.2 Å². The fourth-order valence-electron chi connectivity index (χ4n) is 3.57. The Bertz CT molecular complexity index is 544. The highest BCUT2D eigenvalue weighted by Crippen LogP contribution is 2.36. The van der Waals surface area contributed by atoms with Gasteiger partial charge in [0.2, 0.25) is 5.78 Å². The lowest BCUT2D eigenvalue weighted by Gasteiger charge is -2.20. The molecule has 0 radical (unpaired) electrons. The number of ketones is 2. The maximum absolute atomic E-state index is 13.5. The number of halogens is 2. The zero-order chi connectivity index (χ0) is 20.4. The summed E-state index contributed by atoms with van der Waals surface area (Å²) in [7, 11) is 0. The van der Waals surface area contributed by atoms with Gasteiger partial charge in [-0.25, -0.2) is 0 Å². The Morgan fingerprint density at radius 2 is 1.93 bits per heavy atom. The zero-order valence-corrected chi connectivity index (χ0v) is 15.8. The van der Waals surface area contributed by atoms with Crippen molar-refractivity contribution < 1.29 is 33.4 Å². The van der Waals surface area contributed by atoms with E-state index in [1.807, 2.05) is 12.2 Å². The first-order chi connectivity index (χ1) is 12.7. The predicted molar refractivity (Wildman–Crippen MR) is 96.6 cm³/mol. The highest BCUT2D eigenvalue weighted by molar-refractivity contribution is 5.86. The average molecular weight is 388 g/mol. The first-order valence-electron chi connectivity index (χ1n) is 9.67. The van der Waals surface area contributed by atoms with Gasteiger partial charge in [-0.05, 0) is 44.4 Å². The molecule has 1 aliphatic carbocycles. The summed E-state index contributed by atoms with van der Waals surface area (Å²) in [4.78, 5) is 34.2. The number of aliphatic hydroxyl groups is 1. The number of unbranched alkanes of at least 4 members (excludes halogenated alkanes) is 1. The molecule has 0 aliphatic heterocycles. The molecule has 1 rings (SSSR count). The molecular formula is C20H30F2O5. The van der Waals surface area contributed by atoms with Crippen molar-refractivity contribution in [3.63, 3.8) is 0 Å². The predicted octanol–water partition coefficient (Wildman–Crippen LogP) is 3.93. The Labute approximate surface area is 158 Å². The van der Waals surface area contributed by atoms with Gasteiger partial charge in [0.25, 0.3) is 0 Å². The van der Waals surface area contributed by atoms with Crippen LogP contribution in [-0.4, -0.2) is 39.8 Å². The summed E-state index contributed by atoms with van der Waals surface area (Å²) in [6.07, 6.45) is 4.71. The van der Waals surface area contributed by atoms with Crippen LogP contribution in [0.4, 0.5) is 8.78 Å². The first-order valence-corrected chi connectivity index (χ1v) is 9.67. The third kappa shape index (κ3) is 7.87. The molecule has 0 aromatic heterocycles. The summed E-state index contributed by atoms with van der Waals surface area (Å²) >= 11 is 0. The molecule has 1 saturated carbocycles. The fraction of sp³-hybridized carbons (Fsp3) is 0.750. The molecule has 3 atom stereocenters. The maximum atomic E-state index is 13.5. The molecule has 1 fully saturated rings. The SMILES string of the molecule is CCCC(F)(F)C(=O)CCC[C@H]1C(=O)C[C@H](O)[C@@H]1C/C=C\CCCC(=O)O. The molecule has 0 heterocycles. The first kappa shape index (κ1) is 23.4. The number of carbonyl (C=O) groups excluding carboxylic acids is 2. The standard InChI is InChI=1S/C20H30F2O5/c1-2-12-20(21,22)18(25)10-7-9-15-14(16(23)13-17(15)24)8-5-3-4-6-11-19(26)27/h3,5,14-16,23H,2,4,6-13H2,1H3,(H,26,27)/b5-3-/t14-,15-,16+/m1/s1. The van der Waals surface area contributed by atoms with E-state index in [2.05, 4.69) is 0 Å². The van der Waals surface area contributed by atoms with Crippen LogP contribution in [0.25, 0.3) is 0 Å². The van der Waals surface area contributed by atoms with Crippen molar-refractivity contribution in [2.75, 3.05) is 0 Å². The van der Waals surface area contributed by atoms with Gasteiger partial charge in [0, 0.05) is 31.6 Å². The van der Waals surface area contributed by atoms with Gasteiger partial charge in [-0.1, -0.05) is 19.1 Å². The van der Waals surface area contributed by atoms with Crippen molar-refractivity contribution in [1.29, 1.82) is 0 Å². The number of carboxylic acid groups (broad SMARTS) is 1. The number of aliphatic hydroxyl groups excluding tert-OH is 1. The summed E-state index contributed by atoms with van der Waals surface area (Å²) in [5, 5.41) is 18.7. The molecule has 1 aliphatic rings. The van der Waals surface area contributed by atoms with Gasteiger partial charge < -0.3 is 10.2 Å². The molecule has 2 N–H and O–H groups in total. The highest BCUT2D eigenvalue weighted by atomic mass is 19.3. The van der Waals surface area contributed by atoms with Crippen LogP contribution in [0.3, 0.4) is 0 Å². The van der Waals surface area contributed by atoms with Crippen molar-refractivity contribution in [1.82, 2.24) is 0 Å². The lowest BCUT2D eigenvalue weighted by atomic mass is 9.86. The lowest BCUT2D eigenvalue weighted by Crippen LogP contribution is -2.28. The monoisotopic (exact) mass is 388 g/mol. The largest absolute Gasteiger partial charge is 0.481 e. The van der Waals surface area contributed by atoms with Crippen molar-refractivity contribution >= 4 is 17.5 Å². The molecule has 0 aromatic carbocycles. The van der Waals surface area contributed by atoms with E-state index in [0.717, 1.165) is 0 Å². The van der Waals surface area contributed by atoms with Crippen molar-refractivity contribution in [3.8, 4) is 0 Å². The van der Waals surface area contributed by atoms with E-state index in [1.54, 1.807) is 6.92 Å². The van der Waals surface area contributed by atoms with Crippen LogP contribution in [0, 0.1) is 11.8 Å². The smallest absolute Gasteiger partial charge is 0.305 e. The Morgan fingerprint density at radius 1 is 1.22 bits per heavy atom. The van der Waals surface area contributed by atoms with E-state index in [0.29, 0.717) is 25.7 Å². The number of alkyl halides is 2. The van der Waals surface area contributed by atoms with Gasteiger partial charge >= 0.3 is 11.9 Å². The summed E-state index contributed by atoms with van der Waals surface area (Å²) in [5.74, 6) is -6.01. The van der Waals surface area contributed by atoms with Gasteiger partial charge in [0.1, 0.15) is 5.78 Å². The number of carboxylic acids is 1. The average Bonchev–Trinajstić information content (AvgIpc) is 2.84. The van der Waals surface area contributed by atoms with E-state index < -0.39 is 36.1 Å². The molecule has 0 saturated heterocycles. The van der Waals surface area contributed by atoms with Gasteiger partial charge in [0.15, 0.2) is 0 Å². The van der Waals surface area contributed by atoms with E-state index in [1.165, 1.54) is 0 Å². The Hall–Kier alpha value is -1.63. The van der Waals surface area contributed by atoms with E-state index in [-0.39, 0.29) is 43.8 Å². The molecule has 0 aromatic rings. The number of aliphatic carboxylic acids is 1. The molecule has 0 bridgehead atoms. The van der Waals surface area contributed by atoms with Crippen LogP contribution < -0.4 is 0 Å². The topological polar surface area (TPSA) is 91.7 Å². The second-order valence-corrected chi connectivity index (χ2v) is 7.27. The zero-order valence-electron chi connectivity index (χ0n) is 15.8. The maximum Gasteiger partial charge on any atom is 0.305 e. The Kier molecular flexibility index (Phi) is 9.77. The Morgan fingerprint density at radius 3 is 2.56 bits per heavy atom. The number of carbonyl (C=O) groups is 3. The summed E-state index contributed by atoms with van der Waals surface area (Å²) in [6.45, 7) is 1.60. The van der Waals surface area contributed by atoms with Crippen molar-refractivity contribution in [2.45, 2.75) is 83.2 Å². The summed E-state index contributed by atoms with van der Waals surface area (Å²) < 4.78 is 27.1. The molecule has 154 valence electrons. The number of hydrogen-bond acceptors (Lipinski definition) is 4. The molecular weight excluding hydrogens is 358 g/mol. The second-order valence-electron chi connectivity index (χ2n) is 7.27. The van der Waals surface area contributed by atoms with E-state index >= 15 is 0 Å². The van der Waals surface area contributed by atoms with Crippen LogP contribution in [0.5, 0.6) is 0 Å². The molecule has 27 heavy (non-hydrogen) atoms. The second kappa shape index (κ2) is 11.3. The minimum absolute atomic E-state index is 0.0577. The fourth-order valence-corrected chi connectivity index (χ4v) is 3.57. The lowest BCUT2D eigenvalue weighted by molar-refractivity contribution is -0.144. The van der Waals surface area contributed by atoms with Gasteiger partial charge in [-0.2, -0.15) is 8.78 Å². The number of allylic oxidation sites excluding steroid dienone is 2. The van der Waals surface area contributed by atoms with Gasteiger partial charge in [-0.15, -0.1) is 0 Å². The van der Waals surface area contributed by atoms with Crippen LogP contribution in [0.1, 0.15) is 71.1 Å². The highest BCUT2D eigenvalue weighted by Gasteiger charge is 2.41.